The number of halogens is 5. The van der Waals surface area contributed by atoms with Gasteiger partial charge in [0, 0.05) is 6.04 Å². The van der Waals surface area contributed by atoms with Crippen LogP contribution in [-0.4, -0.2) is 17.9 Å². The minimum atomic E-state index is -4.63. The van der Waals surface area contributed by atoms with Crippen molar-refractivity contribution in [2.45, 2.75) is 44.3 Å². The van der Waals surface area contributed by atoms with Crippen molar-refractivity contribution in [1.82, 2.24) is 5.32 Å². The Balaban J connectivity index is 1.91. The van der Waals surface area contributed by atoms with E-state index in [0.29, 0.717) is 11.0 Å². The highest BCUT2D eigenvalue weighted by Crippen LogP contribution is 2.38. The van der Waals surface area contributed by atoms with Crippen molar-refractivity contribution in [1.29, 1.82) is 0 Å². The first-order valence-corrected chi connectivity index (χ1v) is 8.87. The predicted molar refractivity (Wildman–Crippen MR) is 91.8 cm³/mol. The van der Waals surface area contributed by atoms with E-state index in [1.807, 2.05) is 0 Å². The van der Waals surface area contributed by atoms with Crippen LogP contribution in [0.1, 0.15) is 37.7 Å². The van der Waals surface area contributed by atoms with Gasteiger partial charge in [0.05, 0.1) is 16.3 Å². The van der Waals surface area contributed by atoms with Gasteiger partial charge in [-0.2, -0.15) is 13.2 Å². The van der Waals surface area contributed by atoms with E-state index in [9.17, 15) is 22.8 Å². The molecule has 0 radical (unpaired) electrons. The third-order valence-corrected chi connectivity index (χ3v) is 5.17. The molecule has 0 spiro atoms. The predicted octanol–water partition coefficient (Wildman–Crippen LogP) is 4.60. The fourth-order valence-electron chi connectivity index (χ4n) is 3.16. The second-order valence-corrected chi connectivity index (χ2v) is 7.06. The summed E-state index contributed by atoms with van der Waals surface area (Å²) in [6, 6.07) is 2.46. The van der Waals surface area contributed by atoms with Crippen LogP contribution < -0.4 is 10.2 Å². The summed E-state index contributed by atoms with van der Waals surface area (Å²) in [6.07, 6.45) is 0.121. The summed E-state index contributed by atoms with van der Waals surface area (Å²) in [6.45, 7) is 0. The molecule has 1 aliphatic carbocycles. The number of carbonyl (C=O) groups is 2. The van der Waals surface area contributed by atoms with Gasteiger partial charge in [-0.1, -0.05) is 42.5 Å². The average Bonchev–Trinajstić information content (AvgIpc) is 2.79. The maximum Gasteiger partial charge on any atom is 0.416 e. The number of alkyl halides is 3. The number of carbonyl (C=O) groups excluding carboxylic acids is 2. The van der Waals surface area contributed by atoms with Crippen LogP contribution in [0.25, 0.3) is 0 Å². The highest BCUT2D eigenvalue weighted by atomic mass is 35.5. The molecule has 2 amide bonds. The molecule has 140 valence electrons. The second-order valence-electron chi connectivity index (χ2n) is 6.28. The number of rotatable bonds is 3. The molecule has 0 bridgehead atoms. The first-order chi connectivity index (χ1) is 12.2. The first kappa shape index (κ1) is 19.0. The number of amides is 2. The fraction of sp³-hybridized carbons (Fsp3) is 0.412. The van der Waals surface area contributed by atoms with Gasteiger partial charge >= 0.3 is 6.18 Å². The van der Waals surface area contributed by atoms with E-state index in [0.717, 1.165) is 44.2 Å². The molecular weight excluding hydrogens is 392 g/mol. The van der Waals surface area contributed by atoms with Crippen LogP contribution in [0.15, 0.2) is 28.9 Å². The molecule has 1 aliphatic heterocycles. The maximum atomic E-state index is 13.0. The van der Waals surface area contributed by atoms with Gasteiger partial charge in [0.2, 0.25) is 0 Å². The molecule has 1 aromatic rings. The number of benzene rings is 1. The minimum absolute atomic E-state index is 0.00109. The molecule has 26 heavy (non-hydrogen) atoms. The summed E-state index contributed by atoms with van der Waals surface area (Å²) in [5.41, 5.74) is -1.44. The molecule has 1 N–H and O–H groups in total. The van der Waals surface area contributed by atoms with Gasteiger partial charge in [-0.3, -0.25) is 9.59 Å². The zero-order valence-corrected chi connectivity index (χ0v) is 15.0. The molecule has 1 saturated carbocycles. The third-order valence-electron chi connectivity index (χ3n) is 4.50. The zero-order valence-electron chi connectivity index (χ0n) is 13.5. The Bertz CT molecular complexity index is 787. The Labute approximate surface area is 157 Å². The number of anilines is 1. The van der Waals surface area contributed by atoms with Crippen LogP contribution in [0.4, 0.5) is 18.9 Å². The number of nitrogens with zero attached hydrogens (tertiary/aromatic N) is 1. The van der Waals surface area contributed by atoms with Crippen LogP contribution in [0.2, 0.25) is 5.02 Å². The summed E-state index contributed by atoms with van der Waals surface area (Å²) >= 11 is 12.0. The Morgan fingerprint density at radius 3 is 2.31 bits per heavy atom. The molecule has 2 aliphatic rings. The van der Waals surface area contributed by atoms with Crippen LogP contribution >= 0.6 is 23.2 Å². The quantitative estimate of drug-likeness (QED) is 0.745. The lowest BCUT2D eigenvalue weighted by Crippen LogP contribution is -2.37. The molecule has 9 heteroatoms. The van der Waals surface area contributed by atoms with Crippen molar-refractivity contribution in [3.05, 3.63) is 39.5 Å². The highest BCUT2D eigenvalue weighted by Gasteiger charge is 2.41. The topological polar surface area (TPSA) is 49.4 Å². The summed E-state index contributed by atoms with van der Waals surface area (Å²) in [4.78, 5) is 25.7. The minimum Gasteiger partial charge on any atom is -0.376 e. The SMILES string of the molecule is O=C1C(Cl)=C(NC2CCCCC2)C(=O)N1c1cc(C(F)(F)F)ccc1Cl. The number of hydrogen-bond donors (Lipinski definition) is 1. The lowest BCUT2D eigenvalue weighted by Gasteiger charge is -2.24. The van der Waals surface area contributed by atoms with Crippen LogP contribution in [0.3, 0.4) is 0 Å². The van der Waals surface area contributed by atoms with Crippen molar-refractivity contribution in [3.63, 3.8) is 0 Å². The molecule has 0 unspecified atom stereocenters. The van der Waals surface area contributed by atoms with E-state index in [1.165, 1.54) is 0 Å². The van der Waals surface area contributed by atoms with Crippen molar-refractivity contribution in [2.75, 3.05) is 4.90 Å². The number of imide groups is 1. The van der Waals surface area contributed by atoms with Crippen LogP contribution in [0.5, 0.6) is 0 Å². The maximum absolute atomic E-state index is 13.0. The zero-order chi connectivity index (χ0) is 19.1. The van der Waals surface area contributed by atoms with E-state index in [4.69, 9.17) is 23.2 Å². The monoisotopic (exact) mass is 406 g/mol. The van der Waals surface area contributed by atoms with Crippen molar-refractivity contribution in [2.24, 2.45) is 0 Å². The normalized spacial score (nSPS) is 19.5. The number of hydrogen-bond acceptors (Lipinski definition) is 3. The molecule has 3 rings (SSSR count). The molecule has 1 heterocycles. The molecular formula is C17H15Cl2F3N2O2. The molecule has 0 aromatic heterocycles. The Morgan fingerprint density at radius 2 is 1.69 bits per heavy atom. The van der Waals surface area contributed by atoms with E-state index < -0.39 is 23.6 Å². The fourth-order valence-corrected chi connectivity index (χ4v) is 3.58. The van der Waals surface area contributed by atoms with E-state index in [1.54, 1.807) is 0 Å². The summed E-state index contributed by atoms with van der Waals surface area (Å²) < 4.78 is 38.9. The standard InChI is InChI=1S/C17H15Cl2F3N2O2/c18-11-7-6-9(17(20,21)22)8-12(11)24-15(25)13(19)14(16(24)26)23-10-4-2-1-3-5-10/h6-8,10,23H,1-5H2. The van der Waals surface area contributed by atoms with Crippen molar-refractivity contribution in [3.8, 4) is 0 Å². The van der Waals surface area contributed by atoms with Gasteiger partial charge < -0.3 is 5.32 Å². The molecule has 0 saturated heterocycles. The highest BCUT2D eigenvalue weighted by molar-refractivity contribution is 6.53. The van der Waals surface area contributed by atoms with E-state index in [2.05, 4.69) is 5.32 Å². The van der Waals surface area contributed by atoms with Gasteiger partial charge in [0.25, 0.3) is 11.8 Å². The second kappa shape index (κ2) is 7.12. The smallest absolute Gasteiger partial charge is 0.376 e. The Hall–Kier alpha value is -1.73. The molecule has 1 aromatic carbocycles. The summed E-state index contributed by atoms with van der Waals surface area (Å²) in [5.74, 6) is -1.69. The van der Waals surface area contributed by atoms with Crippen LogP contribution in [0, 0.1) is 0 Å². The average molecular weight is 407 g/mol. The van der Waals surface area contributed by atoms with Crippen LogP contribution in [-0.2, 0) is 15.8 Å². The van der Waals surface area contributed by atoms with E-state index in [-0.39, 0.29) is 27.5 Å². The van der Waals surface area contributed by atoms with Crippen molar-refractivity contribution < 1.29 is 22.8 Å². The van der Waals surface area contributed by atoms with E-state index >= 15 is 0 Å². The summed E-state index contributed by atoms with van der Waals surface area (Å²) in [5, 5.41) is 2.49. The molecule has 0 atom stereocenters. The first-order valence-electron chi connectivity index (χ1n) is 8.12. The molecule has 1 fully saturated rings. The Morgan fingerprint density at radius 1 is 1.04 bits per heavy atom. The van der Waals surface area contributed by atoms with Gasteiger partial charge in [0.1, 0.15) is 10.7 Å². The third kappa shape index (κ3) is 3.55. The largest absolute Gasteiger partial charge is 0.416 e. The lowest BCUT2D eigenvalue weighted by atomic mass is 9.95. The summed E-state index contributed by atoms with van der Waals surface area (Å²) in [7, 11) is 0. The van der Waals surface area contributed by atoms with Crippen molar-refractivity contribution >= 4 is 40.7 Å². The number of nitrogens with one attached hydrogen (secondary N) is 1. The van der Waals surface area contributed by atoms with Gasteiger partial charge in [-0.25, -0.2) is 4.90 Å². The van der Waals surface area contributed by atoms with Gasteiger partial charge in [0.15, 0.2) is 0 Å². The van der Waals surface area contributed by atoms with Gasteiger partial charge in [-0.15, -0.1) is 0 Å². The molecule has 4 nitrogen and oxygen atoms in total. The lowest BCUT2D eigenvalue weighted by molar-refractivity contribution is -0.137. The van der Waals surface area contributed by atoms with Gasteiger partial charge in [-0.05, 0) is 31.0 Å². The Kier molecular flexibility index (Phi) is 5.21.